The van der Waals surface area contributed by atoms with Gasteiger partial charge < -0.3 is 4.74 Å². The van der Waals surface area contributed by atoms with Crippen molar-refractivity contribution in [3.63, 3.8) is 0 Å². The molecule has 5 nitrogen and oxygen atoms in total. The zero-order chi connectivity index (χ0) is 22.5. The zero-order valence-electron chi connectivity index (χ0n) is 18.2. The van der Waals surface area contributed by atoms with Crippen molar-refractivity contribution in [1.82, 2.24) is 9.91 Å². The molecule has 1 aliphatic heterocycles. The summed E-state index contributed by atoms with van der Waals surface area (Å²) >= 11 is 6.44. The topological polar surface area (TPSA) is 45.1 Å². The largest absolute Gasteiger partial charge is 0.496 e. The highest BCUT2D eigenvalue weighted by atomic mass is 35.5. The first kappa shape index (κ1) is 22.1. The second-order valence-corrected chi connectivity index (χ2v) is 8.29. The van der Waals surface area contributed by atoms with E-state index in [9.17, 15) is 4.79 Å². The predicted molar refractivity (Wildman–Crippen MR) is 128 cm³/mol. The van der Waals surface area contributed by atoms with Crippen LogP contribution in [0.4, 0.5) is 0 Å². The van der Waals surface area contributed by atoms with Crippen LogP contribution in [0.15, 0.2) is 84.0 Å². The van der Waals surface area contributed by atoms with Crippen molar-refractivity contribution in [2.24, 2.45) is 5.10 Å². The molecular formula is C26H26ClN3O2. The monoisotopic (exact) mass is 447 g/mol. The Balaban J connectivity index is 1.61. The molecule has 3 aromatic rings. The van der Waals surface area contributed by atoms with Gasteiger partial charge in [-0.2, -0.15) is 5.10 Å². The molecule has 1 aliphatic rings. The number of likely N-dealkylation sites (N-methyl/N-ethyl adjacent to an activating group) is 1. The maximum absolute atomic E-state index is 13.4. The minimum atomic E-state index is -0.255. The van der Waals surface area contributed by atoms with Crippen molar-refractivity contribution in [3.05, 3.63) is 101 Å². The van der Waals surface area contributed by atoms with Crippen LogP contribution < -0.4 is 4.74 Å². The second-order valence-electron chi connectivity index (χ2n) is 7.88. The number of rotatable bonds is 7. The Morgan fingerprint density at radius 1 is 1.06 bits per heavy atom. The van der Waals surface area contributed by atoms with Gasteiger partial charge in [-0.15, -0.1) is 0 Å². The number of hydrazone groups is 1. The number of hydrogen-bond donors (Lipinski definition) is 0. The number of carbonyl (C=O) groups is 1. The van der Waals surface area contributed by atoms with Crippen molar-refractivity contribution >= 4 is 23.2 Å². The summed E-state index contributed by atoms with van der Waals surface area (Å²) in [6.07, 6.45) is 0.568. The number of ether oxygens (including phenoxy) is 1. The van der Waals surface area contributed by atoms with Crippen LogP contribution in [0, 0.1) is 0 Å². The molecule has 0 saturated carbocycles. The van der Waals surface area contributed by atoms with Gasteiger partial charge >= 0.3 is 0 Å². The summed E-state index contributed by atoms with van der Waals surface area (Å²) in [7, 11) is 3.58. The molecule has 3 aromatic carbocycles. The normalized spacial score (nSPS) is 15.7. The van der Waals surface area contributed by atoms with Gasteiger partial charge in [-0.3, -0.25) is 9.69 Å². The van der Waals surface area contributed by atoms with Crippen LogP contribution in [-0.4, -0.2) is 42.2 Å². The molecule has 0 fully saturated rings. The van der Waals surface area contributed by atoms with Gasteiger partial charge in [0.25, 0.3) is 5.91 Å². The molecule has 0 saturated heterocycles. The number of halogens is 1. The van der Waals surface area contributed by atoms with Gasteiger partial charge in [-0.05, 0) is 24.7 Å². The van der Waals surface area contributed by atoms with Gasteiger partial charge in [0.15, 0.2) is 0 Å². The van der Waals surface area contributed by atoms with E-state index in [-0.39, 0.29) is 18.5 Å². The van der Waals surface area contributed by atoms with Gasteiger partial charge in [0.1, 0.15) is 5.75 Å². The smallest absolute Gasteiger partial charge is 0.257 e. The third kappa shape index (κ3) is 4.85. The highest BCUT2D eigenvalue weighted by Gasteiger charge is 2.35. The maximum Gasteiger partial charge on any atom is 0.257 e. The Morgan fingerprint density at radius 2 is 1.75 bits per heavy atom. The summed E-state index contributed by atoms with van der Waals surface area (Å²) < 4.78 is 5.59. The number of methoxy groups -OCH3 is 1. The molecule has 1 amide bonds. The lowest BCUT2D eigenvalue weighted by Gasteiger charge is -2.25. The Kier molecular flexibility index (Phi) is 6.88. The Bertz CT molecular complexity index is 1120. The molecule has 0 aromatic heterocycles. The number of hydrogen-bond acceptors (Lipinski definition) is 4. The predicted octanol–water partition coefficient (Wildman–Crippen LogP) is 5.16. The molecule has 1 atom stereocenters. The van der Waals surface area contributed by atoms with E-state index in [2.05, 4.69) is 12.1 Å². The number of amides is 1. The molecule has 0 aliphatic carbocycles. The molecule has 1 heterocycles. The average Bonchev–Trinajstić information content (AvgIpc) is 3.25. The van der Waals surface area contributed by atoms with E-state index in [4.69, 9.17) is 21.4 Å². The molecule has 32 heavy (non-hydrogen) atoms. The number of para-hydroxylation sites is 1. The van der Waals surface area contributed by atoms with Crippen LogP contribution in [0.3, 0.4) is 0 Å². The molecule has 0 N–H and O–H groups in total. The summed E-state index contributed by atoms with van der Waals surface area (Å²) in [6.45, 7) is 0.931. The summed E-state index contributed by atoms with van der Waals surface area (Å²) in [6, 6.07) is 25.2. The maximum atomic E-state index is 13.4. The SMILES string of the molecule is COc1ccccc1C1CC(c2ccccc2Cl)=NN1C(=O)CN(C)Cc1ccccc1. The molecule has 0 spiro atoms. The lowest BCUT2D eigenvalue weighted by atomic mass is 9.97. The summed E-state index contributed by atoms with van der Waals surface area (Å²) in [5.41, 5.74) is 3.73. The van der Waals surface area contributed by atoms with Gasteiger partial charge in [0.05, 0.1) is 25.4 Å². The van der Waals surface area contributed by atoms with Gasteiger partial charge in [-0.25, -0.2) is 5.01 Å². The summed E-state index contributed by atoms with van der Waals surface area (Å²) in [4.78, 5) is 15.4. The van der Waals surface area contributed by atoms with Crippen LogP contribution >= 0.6 is 11.6 Å². The Morgan fingerprint density at radius 3 is 2.50 bits per heavy atom. The molecule has 1 unspecified atom stereocenters. The first-order chi connectivity index (χ1) is 15.6. The number of carbonyl (C=O) groups excluding carboxylic acids is 1. The lowest BCUT2D eigenvalue weighted by Crippen LogP contribution is -2.36. The van der Waals surface area contributed by atoms with Crippen molar-refractivity contribution in [2.75, 3.05) is 20.7 Å². The molecule has 164 valence electrons. The highest BCUT2D eigenvalue weighted by molar-refractivity contribution is 6.34. The fourth-order valence-electron chi connectivity index (χ4n) is 4.04. The zero-order valence-corrected chi connectivity index (χ0v) is 19.0. The average molecular weight is 448 g/mol. The minimum Gasteiger partial charge on any atom is -0.496 e. The van der Waals surface area contributed by atoms with E-state index in [1.54, 1.807) is 12.1 Å². The fourth-order valence-corrected chi connectivity index (χ4v) is 4.28. The molecule has 4 rings (SSSR count). The molecule has 0 bridgehead atoms. The van der Waals surface area contributed by atoms with Crippen LogP contribution in [0.5, 0.6) is 5.75 Å². The van der Waals surface area contributed by atoms with Crippen LogP contribution in [0.2, 0.25) is 5.02 Å². The highest BCUT2D eigenvalue weighted by Crippen LogP contribution is 2.38. The van der Waals surface area contributed by atoms with E-state index in [1.807, 2.05) is 78.7 Å². The van der Waals surface area contributed by atoms with E-state index < -0.39 is 0 Å². The summed E-state index contributed by atoms with van der Waals surface area (Å²) in [5.74, 6) is 0.671. The third-order valence-corrected chi connectivity index (χ3v) is 5.88. The second kappa shape index (κ2) is 9.98. The van der Waals surface area contributed by atoms with Gasteiger partial charge in [0, 0.05) is 29.1 Å². The number of benzene rings is 3. The van der Waals surface area contributed by atoms with Crippen molar-refractivity contribution in [3.8, 4) is 5.75 Å². The van der Waals surface area contributed by atoms with Crippen LogP contribution in [0.25, 0.3) is 0 Å². The first-order valence-electron chi connectivity index (χ1n) is 10.6. The summed E-state index contributed by atoms with van der Waals surface area (Å²) in [5, 5.41) is 6.97. The minimum absolute atomic E-state index is 0.0682. The Hall–Kier alpha value is -3.15. The third-order valence-electron chi connectivity index (χ3n) is 5.55. The first-order valence-corrected chi connectivity index (χ1v) is 10.9. The van der Waals surface area contributed by atoms with Gasteiger partial charge in [-0.1, -0.05) is 78.3 Å². The van der Waals surface area contributed by atoms with E-state index >= 15 is 0 Å². The van der Waals surface area contributed by atoms with Crippen molar-refractivity contribution in [2.45, 2.75) is 19.0 Å². The number of nitrogens with zero attached hydrogens (tertiary/aromatic N) is 3. The standard InChI is InChI=1S/C26H26ClN3O2/c1-29(17-19-10-4-3-5-11-19)18-26(31)30-24(21-13-7-9-15-25(21)32-2)16-23(28-30)20-12-6-8-14-22(20)27/h3-15,24H,16-18H2,1-2H3. The quantitative estimate of drug-likeness (QED) is 0.502. The fraction of sp³-hybridized carbons (Fsp3) is 0.231. The van der Waals surface area contributed by atoms with Crippen molar-refractivity contribution < 1.29 is 9.53 Å². The van der Waals surface area contributed by atoms with Gasteiger partial charge in [0.2, 0.25) is 0 Å². The van der Waals surface area contributed by atoms with Crippen molar-refractivity contribution in [1.29, 1.82) is 0 Å². The van der Waals surface area contributed by atoms with Crippen LogP contribution in [0.1, 0.15) is 29.2 Å². The molecule has 0 radical (unpaired) electrons. The van der Waals surface area contributed by atoms with E-state index in [0.717, 1.165) is 28.2 Å². The molecule has 6 heteroatoms. The Labute approximate surface area is 193 Å². The van der Waals surface area contributed by atoms with E-state index in [1.165, 1.54) is 0 Å². The van der Waals surface area contributed by atoms with Crippen LogP contribution in [-0.2, 0) is 11.3 Å². The van der Waals surface area contributed by atoms with E-state index in [0.29, 0.717) is 18.0 Å². The lowest BCUT2D eigenvalue weighted by molar-refractivity contribution is -0.134. The molecular weight excluding hydrogens is 422 g/mol.